The van der Waals surface area contributed by atoms with Crippen molar-refractivity contribution < 1.29 is 28.6 Å². The summed E-state index contributed by atoms with van der Waals surface area (Å²) in [5, 5.41) is 3.05. The number of aryl methyl sites for hydroxylation is 1. The molecule has 3 aromatic rings. The van der Waals surface area contributed by atoms with E-state index in [0.717, 1.165) is 33.5 Å². The Morgan fingerprint density at radius 2 is 1.76 bits per heavy atom. The minimum Gasteiger partial charge on any atom is -0.493 e. The molecule has 42 heavy (non-hydrogen) atoms. The maximum absolute atomic E-state index is 13.1. The summed E-state index contributed by atoms with van der Waals surface area (Å²) in [6.07, 6.45) is 1.56. The highest BCUT2D eigenvalue weighted by Crippen LogP contribution is 2.39. The van der Waals surface area contributed by atoms with Crippen molar-refractivity contribution in [3.8, 4) is 17.2 Å². The number of rotatable bonds is 11. The van der Waals surface area contributed by atoms with Crippen molar-refractivity contribution in [2.45, 2.75) is 26.7 Å². The lowest BCUT2D eigenvalue weighted by Crippen LogP contribution is -2.32. The summed E-state index contributed by atoms with van der Waals surface area (Å²) in [4.78, 5) is 39.5. The number of methoxy groups -OCH3 is 1. The summed E-state index contributed by atoms with van der Waals surface area (Å²) >= 11 is 13.2. The quantitative estimate of drug-likeness (QED) is 0.219. The first-order chi connectivity index (χ1) is 20.0. The molecule has 1 N–H and O–H groups in total. The SMILES string of the molecule is COc1cc(/C=C2\SC(=O)N(CCOc3cc(C)ccc3C(C)C)C2=O)cc(Cl)c1OCC(=O)Nc1ccc(Cl)cc1. The Morgan fingerprint density at radius 1 is 1.02 bits per heavy atom. The van der Waals surface area contributed by atoms with Gasteiger partial charge in [-0.2, -0.15) is 0 Å². The van der Waals surface area contributed by atoms with E-state index in [9.17, 15) is 14.4 Å². The van der Waals surface area contributed by atoms with E-state index in [2.05, 4.69) is 19.2 Å². The number of benzene rings is 3. The summed E-state index contributed by atoms with van der Waals surface area (Å²) in [7, 11) is 1.43. The summed E-state index contributed by atoms with van der Waals surface area (Å²) < 4.78 is 17.0. The molecule has 0 unspecified atom stereocenters. The molecule has 220 valence electrons. The molecule has 1 saturated heterocycles. The smallest absolute Gasteiger partial charge is 0.293 e. The lowest BCUT2D eigenvalue weighted by molar-refractivity contribution is -0.123. The third-order valence-electron chi connectivity index (χ3n) is 6.26. The van der Waals surface area contributed by atoms with Crippen LogP contribution in [0.3, 0.4) is 0 Å². The van der Waals surface area contributed by atoms with Gasteiger partial charge in [-0.05, 0) is 89.8 Å². The predicted octanol–water partition coefficient (Wildman–Crippen LogP) is 7.57. The molecular weight excluding hydrogens is 599 g/mol. The number of ether oxygens (including phenoxy) is 3. The molecule has 4 rings (SSSR count). The molecule has 11 heteroatoms. The van der Waals surface area contributed by atoms with Crippen LogP contribution in [0.4, 0.5) is 10.5 Å². The fourth-order valence-corrected chi connectivity index (χ4v) is 5.43. The topological polar surface area (TPSA) is 94.2 Å². The van der Waals surface area contributed by atoms with Crippen LogP contribution >= 0.6 is 35.0 Å². The number of nitrogens with zero attached hydrogens (tertiary/aromatic N) is 1. The van der Waals surface area contributed by atoms with Gasteiger partial charge >= 0.3 is 0 Å². The van der Waals surface area contributed by atoms with E-state index >= 15 is 0 Å². The second kappa shape index (κ2) is 14.0. The molecular formula is C31H30Cl2N2O6S. The minimum absolute atomic E-state index is 0.114. The monoisotopic (exact) mass is 628 g/mol. The number of amides is 3. The number of anilines is 1. The second-order valence-corrected chi connectivity index (χ2v) is 11.6. The number of thioether (sulfide) groups is 1. The zero-order valence-electron chi connectivity index (χ0n) is 23.5. The first-order valence-corrected chi connectivity index (χ1v) is 14.7. The van der Waals surface area contributed by atoms with E-state index in [-0.39, 0.29) is 52.3 Å². The van der Waals surface area contributed by atoms with Gasteiger partial charge in [0, 0.05) is 10.7 Å². The highest BCUT2D eigenvalue weighted by atomic mass is 35.5. The molecule has 1 aliphatic rings. The number of carbonyl (C=O) groups is 3. The molecule has 0 bridgehead atoms. The summed E-state index contributed by atoms with van der Waals surface area (Å²) in [5.74, 6) is 0.632. The summed E-state index contributed by atoms with van der Waals surface area (Å²) in [5.41, 5.74) is 3.22. The normalized spacial score (nSPS) is 14.1. The summed E-state index contributed by atoms with van der Waals surface area (Å²) in [6.45, 7) is 6.11. The Balaban J connectivity index is 1.40. The van der Waals surface area contributed by atoms with E-state index in [4.69, 9.17) is 37.4 Å². The standard InChI is InChI=1S/C31H30Cl2N2O6S/c1-18(2)23-10-5-19(3)13-25(23)40-12-11-35-30(37)27(42-31(35)38)16-20-14-24(33)29(26(15-20)39-4)41-17-28(36)34-22-8-6-21(32)7-9-22/h5-10,13-16,18H,11-12,17H2,1-4H3,(H,34,36)/b27-16-. The molecule has 0 aliphatic carbocycles. The highest BCUT2D eigenvalue weighted by Gasteiger charge is 2.35. The number of hydrogen-bond acceptors (Lipinski definition) is 7. The number of carbonyl (C=O) groups excluding carboxylic acids is 3. The molecule has 1 fully saturated rings. The first kappa shape index (κ1) is 31.3. The van der Waals surface area contributed by atoms with Crippen LogP contribution in [0.1, 0.15) is 36.5 Å². The van der Waals surface area contributed by atoms with E-state index in [0.29, 0.717) is 16.3 Å². The van der Waals surface area contributed by atoms with Gasteiger partial charge < -0.3 is 19.5 Å². The van der Waals surface area contributed by atoms with Gasteiger partial charge in [-0.15, -0.1) is 0 Å². The van der Waals surface area contributed by atoms with Crippen molar-refractivity contribution in [3.63, 3.8) is 0 Å². The van der Waals surface area contributed by atoms with E-state index < -0.39 is 11.8 Å². The Morgan fingerprint density at radius 3 is 2.45 bits per heavy atom. The van der Waals surface area contributed by atoms with Gasteiger partial charge in [-0.3, -0.25) is 19.3 Å². The average molecular weight is 630 g/mol. The third kappa shape index (κ3) is 7.79. The molecule has 3 aromatic carbocycles. The molecule has 3 amide bonds. The second-order valence-electron chi connectivity index (χ2n) is 9.76. The summed E-state index contributed by atoms with van der Waals surface area (Å²) in [6, 6.07) is 15.9. The van der Waals surface area contributed by atoms with Crippen LogP contribution < -0.4 is 19.5 Å². The maximum atomic E-state index is 13.1. The Labute approximate surface area is 258 Å². The van der Waals surface area contributed by atoms with E-state index in [1.807, 2.05) is 25.1 Å². The van der Waals surface area contributed by atoms with Crippen LogP contribution in [0.15, 0.2) is 59.5 Å². The van der Waals surface area contributed by atoms with Gasteiger partial charge in [-0.1, -0.05) is 49.2 Å². The molecule has 0 saturated carbocycles. The largest absolute Gasteiger partial charge is 0.493 e. The van der Waals surface area contributed by atoms with Crippen LogP contribution in [-0.4, -0.2) is 48.8 Å². The van der Waals surface area contributed by atoms with E-state index in [1.165, 1.54) is 7.11 Å². The molecule has 0 spiro atoms. The maximum Gasteiger partial charge on any atom is 0.293 e. The number of nitrogens with one attached hydrogen (secondary N) is 1. The van der Waals surface area contributed by atoms with Crippen molar-refractivity contribution in [1.82, 2.24) is 4.90 Å². The Hall–Kier alpha value is -3.66. The molecule has 0 radical (unpaired) electrons. The molecule has 1 aliphatic heterocycles. The lowest BCUT2D eigenvalue weighted by atomic mass is 10.0. The fraction of sp³-hybridized carbons (Fsp3) is 0.258. The van der Waals surface area contributed by atoms with Gasteiger partial charge in [-0.25, -0.2) is 0 Å². The van der Waals surface area contributed by atoms with Crippen molar-refractivity contribution in [3.05, 3.63) is 86.2 Å². The fourth-order valence-electron chi connectivity index (χ4n) is 4.17. The van der Waals surface area contributed by atoms with Crippen LogP contribution in [0.5, 0.6) is 17.2 Å². The van der Waals surface area contributed by atoms with Gasteiger partial charge in [0.1, 0.15) is 12.4 Å². The highest BCUT2D eigenvalue weighted by molar-refractivity contribution is 8.18. The molecule has 1 heterocycles. The van der Waals surface area contributed by atoms with Crippen molar-refractivity contribution in [2.24, 2.45) is 0 Å². The Bertz CT molecular complexity index is 1520. The lowest BCUT2D eigenvalue weighted by Gasteiger charge is -2.17. The van der Waals surface area contributed by atoms with Crippen molar-refractivity contribution >= 4 is 63.8 Å². The molecule has 0 atom stereocenters. The number of halogens is 2. The van der Waals surface area contributed by atoms with Gasteiger partial charge in [0.15, 0.2) is 18.1 Å². The first-order valence-electron chi connectivity index (χ1n) is 13.1. The van der Waals surface area contributed by atoms with E-state index in [1.54, 1.807) is 42.5 Å². The third-order valence-corrected chi connectivity index (χ3v) is 7.70. The van der Waals surface area contributed by atoms with Gasteiger partial charge in [0.05, 0.1) is 23.6 Å². The molecule has 8 nitrogen and oxygen atoms in total. The molecule has 0 aromatic heterocycles. The Kier molecular flexibility index (Phi) is 10.4. The predicted molar refractivity (Wildman–Crippen MR) is 167 cm³/mol. The van der Waals surface area contributed by atoms with Crippen LogP contribution in [0, 0.1) is 6.92 Å². The van der Waals surface area contributed by atoms with Gasteiger partial charge in [0.2, 0.25) is 0 Å². The van der Waals surface area contributed by atoms with Crippen LogP contribution in [-0.2, 0) is 9.59 Å². The zero-order chi connectivity index (χ0) is 30.4. The zero-order valence-corrected chi connectivity index (χ0v) is 25.9. The average Bonchev–Trinajstić information content (AvgIpc) is 3.20. The van der Waals surface area contributed by atoms with Crippen molar-refractivity contribution in [2.75, 3.05) is 32.2 Å². The minimum atomic E-state index is -0.420. The number of imide groups is 1. The van der Waals surface area contributed by atoms with Crippen LogP contribution in [0.25, 0.3) is 6.08 Å². The number of hydrogen-bond donors (Lipinski definition) is 1. The van der Waals surface area contributed by atoms with Crippen LogP contribution in [0.2, 0.25) is 10.0 Å². The van der Waals surface area contributed by atoms with Gasteiger partial charge in [0.25, 0.3) is 17.1 Å². The van der Waals surface area contributed by atoms with Crippen molar-refractivity contribution in [1.29, 1.82) is 0 Å².